The number of halogens is 1. The van der Waals surface area contributed by atoms with Gasteiger partial charge in [0.25, 0.3) is 0 Å². The molecule has 2 aromatic heterocycles. The normalized spacial score (nSPS) is 19.4. The lowest BCUT2D eigenvalue weighted by atomic mass is 9.81. The average Bonchev–Trinajstić information content (AvgIpc) is 3.79. The quantitative estimate of drug-likeness (QED) is 0.268. The van der Waals surface area contributed by atoms with Crippen LogP contribution in [0.25, 0.3) is 22.2 Å². The molecule has 1 fully saturated rings. The molecule has 11 heteroatoms. The summed E-state index contributed by atoms with van der Waals surface area (Å²) in [5.74, 6) is -1.10. The molecule has 43 heavy (non-hydrogen) atoms. The lowest BCUT2D eigenvalue weighted by Crippen LogP contribution is -2.40. The molecule has 1 saturated carbocycles. The number of primary amides is 1. The van der Waals surface area contributed by atoms with Crippen molar-refractivity contribution < 1.29 is 32.2 Å². The number of fused-ring (bicyclic) bond motifs is 2. The van der Waals surface area contributed by atoms with Gasteiger partial charge in [-0.2, -0.15) is 0 Å². The van der Waals surface area contributed by atoms with Crippen molar-refractivity contribution >= 4 is 32.4 Å². The van der Waals surface area contributed by atoms with Gasteiger partial charge in [-0.1, -0.05) is 6.07 Å². The summed E-state index contributed by atoms with van der Waals surface area (Å²) in [4.78, 5) is 34.9. The second kappa shape index (κ2) is 10.2. The Hall–Kier alpha value is -4.22. The second-order valence-electron chi connectivity index (χ2n) is 11.7. The molecule has 0 unspecified atom stereocenters. The van der Waals surface area contributed by atoms with Gasteiger partial charge in [-0.25, -0.2) is 17.8 Å². The summed E-state index contributed by atoms with van der Waals surface area (Å²) in [5.41, 5.74) is 4.85. The Balaban J connectivity index is 1.35. The van der Waals surface area contributed by atoms with E-state index in [0.29, 0.717) is 46.3 Å². The van der Waals surface area contributed by atoms with Gasteiger partial charge in [0.15, 0.2) is 15.6 Å². The van der Waals surface area contributed by atoms with E-state index in [2.05, 4.69) is 9.97 Å². The Morgan fingerprint density at radius 3 is 2.56 bits per heavy atom. The van der Waals surface area contributed by atoms with E-state index in [0.717, 1.165) is 0 Å². The fraction of sp³-hybridized carbons (Fsp3) is 0.312. The maximum Gasteiger partial charge on any atom is 0.231 e. The van der Waals surface area contributed by atoms with Crippen LogP contribution in [-0.4, -0.2) is 47.0 Å². The number of ether oxygens (including phenoxy) is 1. The van der Waals surface area contributed by atoms with Crippen LogP contribution in [0.1, 0.15) is 61.1 Å². The van der Waals surface area contributed by atoms with Crippen LogP contribution in [0, 0.1) is 5.82 Å². The minimum Gasteiger partial charge on any atom is -0.489 e. The Morgan fingerprint density at radius 2 is 1.88 bits per heavy atom. The van der Waals surface area contributed by atoms with E-state index in [-0.39, 0.29) is 41.4 Å². The van der Waals surface area contributed by atoms with E-state index < -0.39 is 37.8 Å². The first-order chi connectivity index (χ1) is 20.3. The molecule has 2 atom stereocenters. The molecule has 0 bridgehead atoms. The molecule has 2 aliphatic rings. The number of Topliss-reactive ketones (excluding diaryl/α,β-unsaturated/α-hetero) is 1. The first-order valence-electron chi connectivity index (χ1n) is 13.9. The van der Waals surface area contributed by atoms with Crippen molar-refractivity contribution in [1.82, 2.24) is 9.97 Å². The number of carbonyl (C=O) groups is 2. The summed E-state index contributed by atoms with van der Waals surface area (Å²) in [6.45, 7) is 3.12. The molecule has 4 aromatic rings. The van der Waals surface area contributed by atoms with Gasteiger partial charge in [0.2, 0.25) is 5.91 Å². The van der Waals surface area contributed by atoms with Crippen LogP contribution < -0.4 is 10.5 Å². The number of pyridine rings is 2. The van der Waals surface area contributed by atoms with Crippen LogP contribution in [0.4, 0.5) is 4.39 Å². The van der Waals surface area contributed by atoms with Crippen LogP contribution in [0.15, 0.2) is 65.7 Å². The van der Waals surface area contributed by atoms with E-state index in [1.807, 2.05) is 0 Å². The highest BCUT2D eigenvalue weighted by atomic mass is 32.2. The summed E-state index contributed by atoms with van der Waals surface area (Å²) in [7, 11) is -3.64. The number of nitrogens with zero attached hydrogens (tertiary/aromatic N) is 2. The van der Waals surface area contributed by atoms with Crippen LogP contribution >= 0.6 is 0 Å². The fourth-order valence-corrected chi connectivity index (χ4v) is 7.24. The minimum atomic E-state index is -3.64. The van der Waals surface area contributed by atoms with Gasteiger partial charge in [-0.05, 0) is 81.6 Å². The Morgan fingerprint density at radius 1 is 1.16 bits per heavy atom. The Labute approximate surface area is 247 Å². The third-order valence-electron chi connectivity index (χ3n) is 8.39. The lowest BCUT2D eigenvalue weighted by molar-refractivity contribution is -0.123. The number of hydrogen-bond donors (Lipinski definition) is 2. The predicted octanol–water partition coefficient (Wildman–Crippen LogP) is 4.38. The van der Waals surface area contributed by atoms with Gasteiger partial charge in [-0.3, -0.25) is 14.6 Å². The van der Waals surface area contributed by atoms with E-state index >= 15 is 0 Å². The molecule has 3 N–H and O–H groups in total. The highest BCUT2D eigenvalue weighted by Gasteiger charge is 2.45. The highest BCUT2D eigenvalue weighted by molar-refractivity contribution is 7.92. The standard InChI is InChI=1S/C32H30FN3O6S/c1-31(30(34)38)17-42-29-23(31)16-26(36-28(29)18-5-7-21(33)8-6-18)32(2,39)12-11-24(37)20-14-19-4-3-13-35-27(19)25(15-20)43(40,41)22-9-10-22/h3-8,13-16,22,39H,9-12,17H2,1-2H3,(H2,34,38)/t31-,32-/m0/s1. The number of aliphatic hydroxyl groups is 1. The van der Waals surface area contributed by atoms with Crippen LogP contribution in [0.3, 0.4) is 0 Å². The number of rotatable bonds is 9. The fourth-order valence-electron chi connectivity index (χ4n) is 5.39. The molecular weight excluding hydrogens is 573 g/mol. The molecule has 1 aliphatic heterocycles. The topological polar surface area (TPSA) is 150 Å². The van der Waals surface area contributed by atoms with Crippen molar-refractivity contribution in [3.05, 3.63) is 83.4 Å². The van der Waals surface area contributed by atoms with Crippen molar-refractivity contribution in [2.75, 3.05) is 6.61 Å². The van der Waals surface area contributed by atoms with E-state index in [9.17, 15) is 27.5 Å². The van der Waals surface area contributed by atoms with Gasteiger partial charge in [0.05, 0.1) is 21.4 Å². The molecule has 0 radical (unpaired) electrons. The van der Waals surface area contributed by atoms with Crippen molar-refractivity contribution in [2.45, 2.75) is 60.7 Å². The molecule has 1 aliphatic carbocycles. The number of benzene rings is 2. The van der Waals surface area contributed by atoms with E-state index in [4.69, 9.17) is 10.5 Å². The molecule has 1 amide bonds. The number of carbonyl (C=O) groups excluding carboxylic acids is 2. The van der Waals surface area contributed by atoms with Crippen LogP contribution in [-0.2, 0) is 25.6 Å². The van der Waals surface area contributed by atoms with Crippen LogP contribution in [0.2, 0.25) is 0 Å². The molecule has 3 heterocycles. The second-order valence-corrected chi connectivity index (χ2v) is 13.9. The van der Waals surface area contributed by atoms with Gasteiger partial charge in [0, 0.05) is 34.7 Å². The lowest BCUT2D eigenvalue weighted by Gasteiger charge is -2.26. The first-order valence-corrected chi connectivity index (χ1v) is 15.5. The van der Waals surface area contributed by atoms with E-state index in [1.54, 1.807) is 31.2 Å². The van der Waals surface area contributed by atoms with Gasteiger partial charge in [0.1, 0.15) is 34.9 Å². The van der Waals surface area contributed by atoms with Gasteiger partial charge < -0.3 is 15.6 Å². The van der Waals surface area contributed by atoms with Crippen molar-refractivity contribution in [2.24, 2.45) is 5.73 Å². The largest absolute Gasteiger partial charge is 0.489 e. The maximum absolute atomic E-state index is 13.7. The molecule has 0 saturated heterocycles. The smallest absolute Gasteiger partial charge is 0.231 e. The number of sulfone groups is 1. The number of nitrogens with two attached hydrogens (primary N) is 1. The third kappa shape index (κ3) is 5.06. The molecule has 0 spiro atoms. The van der Waals surface area contributed by atoms with Crippen molar-refractivity contribution in [1.29, 1.82) is 0 Å². The van der Waals surface area contributed by atoms with Crippen LogP contribution in [0.5, 0.6) is 5.75 Å². The number of aromatic nitrogens is 2. The summed E-state index contributed by atoms with van der Waals surface area (Å²) in [6.07, 6.45) is 2.47. The molecule has 222 valence electrons. The molecule has 9 nitrogen and oxygen atoms in total. The summed E-state index contributed by atoms with van der Waals surface area (Å²) in [6, 6.07) is 13.5. The molecule has 2 aromatic carbocycles. The summed E-state index contributed by atoms with van der Waals surface area (Å²) < 4.78 is 45.9. The zero-order valence-corrected chi connectivity index (χ0v) is 24.4. The minimum absolute atomic E-state index is 0.0272. The molecular formula is C32H30FN3O6S. The zero-order chi connectivity index (χ0) is 30.7. The predicted molar refractivity (Wildman–Crippen MR) is 157 cm³/mol. The van der Waals surface area contributed by atoms with E-state index in [1.165, 1.54) is 43.5 Å². The number of ketones is 1. The zero-order valence-electron chi connectivity index (χ0n) is 23.6. The SMILES string of the molecule is C[C@](O)(CCC(=O)c1cc(S(=O)(=O)C2CC2)c2ncccc2c1)c1cc2c(c(-c3ccc(F)cc3)n1)OC[C@]2(C)C(N)=O. The average molecular weight is 604 g/mol. The van der Waals surface area contributed by atoms with Gasteiger partial charge in [-0.15, -0.1) is 0 Å². The Bertz CT molecular complexity index is 1900. The number of hydrogen-bond acceptors (Lipinski definition) is 8. The van der Waals surface area contributed by atoms with Gasteiger partial charge >= 0.3 is 0 Å². The number of amides is 1. The van der Waals surface area contributed by atoms with Crippen molar-refractivity contribution in [3.8, 4) is 17.0 Å². The Kier molecular flexibility index (Phi) is 6.85. The molecule has 6 rings (SSSR count). The first kappa shape index (κ1) is 28.9. The maximum atomic E-state index is 13.7. The third-order valence-corrected chi connectivity index (χ3v) is 10.7. The summed E-state index contributed by atoms with van der Waals surface area (Å²) >= 11 is 0. The summed E-state index contributed by atoms with van der Waals surface area (Å²) in [5, 5.41) is 11.7. The highest BCUT2D eigenvalue weighted by Crippen LogP contribution is 2.46. The van der Waals surface area contributed by atoms with Crippen molar-refractivity contribution in [3.63, 3.8) is 0 Å². The monoisotopic (exact) mass is 603 g/mol.